The van der Waals surface area contributed by atoms with Crippen molar-refractivity contribution in [2.45, 2.75) is 23.9 Å². The third-order valence-corrected chi connectivity index (χ3v) is 3.88. The molecule has 1 saturated heterocycles. The average molecular weight is 242 g/mol. The molecule has 2 N–H and O–H groups in total. The molecule has 1 aliphatic heterocycles. The Labute approximate surface area is 94.6 Å². The first-order valence-corrected chi connectivity index (χ1v) is 6.66. The first-order valence-electron chi connectivity index (χ1n) is 5.17. The van der Waals surface area contributed by atoms with Crippen molar-refractivity contribution >= 4 is 10.0 Å². The summed E-state index contributed by atoms with van der Waals surface area (Å²) in [5.41, 5.74) is 0. The van der Waals surface area contributed by atoms with E-state index in [2.05, 4.69) is 20.0 Å². The predicted octanol–water partition coefficient (Wildman–Crippen LogP) is -0.493. The van der Waals surface area contributed by atoms with Gasteiger partial charge in [0.2, 0.25) is 0 Å². The minimum absolute atomic E-state index is 0.00624. The number of hydrogen-bond donors (Lipinski definition) is 2. The lowest BCUT2D eigenvalue weighted by Crippen LogP contribution is -2.42. The van der Waals surface area contributed by atoms with Crippen LogP contribution in [-0.4, -0.2) is 37.5 Å². The van der Waals surface area contributed by atoms with Gasteiger partial charge in [0.1, 0.15) is 0 Å². The Morgan fingerprint density at radius 3 is 2.69 bits per heavy atom. The van der Waals surface area contributed by atoms with Gasteiger partial charge < -0.3 is 5.32 Å². The van der Waals surface area contributed by atoms with E-state index >= 15 is 0 Å². The van der Waals surface area contributed by atoms with Crippen molar-refractivity contribution in [1.82, 2.24) is 20.0 Å². The smallest absolute Gasteiger partial charge is 0.259 e. The summed E-state index contributed by atoms with van der Waals surface area (Å²) in [6, 6.07) is -0.00624. The summed E-state index contributed by atoms with van der Waals surface area (Å²) in [7, 11) is -3.51. The van der Waals surface area contributed by atoms with E-state index in [1.54, 1.807) is 0 Å². The first kappa shape index (κ1) is 11.4. The lowest BCUT2D eigenvalue weighted by atomic mass is 10.1. The number of rotatable bonds is 3. The highest BCUT2D eigenvalue weighted by molar-refractivity contribution is 7.89. The van der Waals surface area contributed by atoms with Gasteiger partial charge in [0, 0.05) is 18.4 Å². The number of nitrogens with zero attached hydrogens (tertiary/aromatic N) is 2. The summed E-state index contributed by atoms with van der Waals surface area (Å²) in [4.78, 5) is 7.54. The van der Waals surface area contributed by atoms with Gasteiger partial charge in [-0.15, -0.1) is 0 Å². The van der Waals surface area contributed by atoms with Crippen LogP contribution in [0, 0.1) is 0 Å². The molecule has 0 atom stereocenters. The Morgan fingerprint density at radius 1 is 1.31 bits per heavy atom. The molecular weight excluding hydrogens is 228 g/mol. The van der Waals surface area contributed by atoms with Crippen LogP contribution in [0.25, 0.3) is 0 Å². The highest BCUT2D eigenvalue weighted by Crippen LogP contribution is 2.08. The van der Waals surface area contributed by atoms with Crippen LogP contribution in [0.15, 0.2) is 23.6 Å². The first-order chi connectivity index (χ1) is 7.68. The Kier molecular flexibility index (Phi) is 3.47. The van der Waals surface area contributed by atoms with E-state index in [0.29, 0.717) is 0 Å². The second-order valence-electron chi connectivity index (χ2n) is 3.69. The Hall–Kier alpha value is -1.05. The number of sulfonamides is 1. The molecule has 0 aromatic carbocycles. The largest absolute Gasteiger partial charge is 0.317 e. The summed E-state index contributed by atoms with van der Waals surface area (Å²) >= 11 is 0. The van der Waals surface area contributed by atoms with Gasteiger partial charge in [-0.2, -0.15) is 0 Å². The monoisotopic (exact) mass is 242 g/mol. The molecule has 1 aromatic heterocycles. The van der Waals surface area contributed by atoms with E-state index in [-0.39, 0.29) is 11.1 Å². The second kappa shape index (κ2) is 4.86. The van der Waals surface area contributed by atoms with E-state index in [1.165, 1.54) is 18.6 Å². The fourth-order valence-electron chi connectivity index (χ4n) is 1.64. The molecule has 2 rings (SSSR count). The normalized spacial score (nSPS) is 18.5. The molecular formula is C9H14N4O2S. The molecule has 0 saturated carbocycles. The van der Waals surface area contributed by atoms with Crippen LogP contribution < -0.4 is 10.0 Å². The van der Waals surface area contributed by atoms with Gasteiger partial charge in [0.15, 0.2) is 5.03 Å². The third-order valence-electron chi connectivity index (χ3n) is 2.48. The maximum absolute atomic E-state index is 11.9. The zero-order valence-electron chi connectivity index (χ0n) is 8.76. The standard InChI is InChI=1S/C9H14N4O2S/c14-16(15,9-7-11-5-6-12-9)13-8-1-3-10-4-2-8/h5-8,10,13H,1-4H2. The maximum atomic E-state index is 11.9. The zero-order valence-corrected chi connectivity index (χ0v) is 9.57. The Morgan fingerprint density at radius 2 is 2.06 bits per heavy atom. The van der Waals surface area contributed by atoms with E-state index in [4.69, 9.17) is 0 Å². The summed E-state index contributed by atoms with van der Waals surface area (Å²) < 4.78 is 26.4. The molecule has 1 aliphatic rings. The van der Waals surface area contributed by atoms with Crippen molar-refractivity contribution in [3.8, 4) is 0 Å². The van der Waals surface area contributed by atoms with Gasteiger partial charge in [-0.05, 0) is 25.9 Å². The molecule has 2 heterocycles. The highest BCUT2D eigenvalue weighted by atomic mass is 32.2. The van der Waals surface area contributed by atoms with Crippen LogP contribution in [0.2, 0.25) is 0 Å². The van der Waals surface area contributed by atoms with Gasteiger partial charge >= 0.3 is 0 Å². The quantitative estimate of drug-likeness (QED) is 0.747. The van der Waals surface area contributed by atoms with Crippen molar-refractivity contribution in [1.29, 1.82) is 0 Å². The van der Waals surface area contributed by atoms with Gasteiger partial charge in [-0.25, -0.2) is 18.1 Å². The molecule has 1 aromatic rings. The van der Waals surface area contributed by atoms with E-state index in [9.17, 15) is 8.42 Å². The third kappa shape index (κ3) is 2.75. The zero-order chi connectivity index (χ0) is 11.4. The van der Waals surface area contributed by atoms with Crippen molar-refractivity contribution in [2.24, 2.45) is 0 Å². The van der Waals surface area contributed by atoms with Crippen LogP contribution in [0.1, 0.15) is 12.8 Å². The molecule has 0 amide bonds. The summed E-state index contributed by atoms with van der Waals surface area (Å²) in [6.07, 6.45) is 5.68. The summed E-state index contributed by atoms with van der Waals surface area (Å²) in [6.45, 7) is 1.68. The van der Waals surface area contributed by atoms with Gasteiger partial charge in [-0.1, -0.05) is 0 Å². The number of hydrogen-bond acceptors (Lipinski definition) is 5. The summed E-state index contributed by atoms with van der Waals surface area (Å²) in [5, 5.41) is 3.16. The summed E-state index contributed by atoms with van der Waals surface area (Å²) in [5.74, 6) is 0. The van der Waals surface area contributed by atoms with Crippen molar-refractivity contribution in [2.75, 3.05) is 13.1 Å². The van der Waals surface area contributed by atoms with Crippen LogP contribution in [-0.2, 0) is 10.0 Å². The number of piperidine rings is 1. The lowest BCUT2D eigenvalue weighted by molar-refractivity contribution is 0.426. The number of nitrogens with one attached hydrogen (secondary N) is 2. The van der Waals surface area contributed by atoms with Crippen LogP contribution in [0.4, 0.5) is 0 Å². The SMILES string of the molecule is O=S(=O)(NC1CCNCC1)c1cnccn1. The molecule has 6 nitrogen and oxygen atoms in total. The molecule has 0 bridgehead atoms. The second-order valence-corrected chi connectivity index (χ2v) is 5.35. The van der Waals surface area contributed by atoms with Gasteiger partial charge in [0.25, 0.3) is 10.0 Å². The molecule has 0 spiro atoms. The molecule has 1 fully saturated rings. The number of aromatic nitrogens is 2. The minimum Gasteiger partial charge on any atom is -0.317 e. The van der Waals surface area contributed by atoms with Crippen molar-refractivity contribution in [3.63, 3.8) is 0 Å². The van der Waals surface area contributed by atoms with Crippen molar-refractivity contribution in [3.05, 3.63) is 18.6 Å². The highest BCUT2D eigenvalue weighted by Gasteiger charge is 2.22. The Balaban J connectivity index is 2.08. The van der Waals surface area contributed by atoms with Crippen molar-refractivity contribution < 1.29 is 8.42 Å². The van der Waals surface area contributed by atoms with E-state index in [1.807, 2.05) is 0 Å². The van der Waals surface area contributed by atoms with Crippen LogP contribution >= 0.6 is 0 Å². The molecule has 0 radical (unpaired) electrons. The topological polar surface area (TPSA) is 84.0 Å². The van der Waals surface area contributed by atoms with E-state index in [0.717, 1.165) is 25.9 Å². The van der Waals surface area contributed by atoms with Gasteiger partial charge in [-0.3, -0.25) is 4.98 Å². The molecule has 7 heteroatoms. The average Bonchev–Trinajstić information content (AvgIpc) is 2.31. The van der Waals surface area contributed by atoms with Gasteiger partial charge in [0.05, 0.1) is 6.20 Å². The molecule has 88 valence electrons. The van der Waals surface area contributed by atoms with E-state index < -0.39 is 10.0 Å². The molecule has 0 unspecified atom stereocenters. The maximum Gasteiger partial charge on any atom is 0.259 e. The molecule has 0 aliphatic carbocycles. The fourth-order valence-corrected chi connectivity index (χ4v) is 2.84. The lowest BCUT2D eigenvalue weighted by Gasteiger charge is -2.23. The fraction of sp³-hybridized carbons (Fsp3) is 0.556. The van der Waals surface area contributed by atoms with Crippen LogP contribution in [0.5, 0.6) is 0 Å². The predicted molar refractivity (Wildman–Crippen MR) is 58.2 cm³/mol. The molecule has 16 heavy (non-hydrogen) atoms. The van der Waals surface area contributed by atoms with Crippen LogP contribution in [0.3, 0.4) is 0 Å². The minimum atomic E-state index is -3.51. The Bertz CT molecular complexity index is 428.